The van der Waals surface area contributed by atoms with Gasteiger partial charge in [0, 0.05) is 39.9 Å². The van der Waals surface area contributed by atoms with Crippen LogP contribution in [0.3, 0.4) is 0 Å². The minimum atomic E-state index is -0.206. The summed E-state index contributed by atoms with van der Waals surface area (Å²) in [6, 6.07) is 20.3. The summed E-state index contributed by atoms with van der Waals surface area (Å²) in [6.07, 6.45) is 4.01. The standard InChI is InChI=1S/C23H19N3O2S/c1-16(27)18-5-4-6-19(13-18)25-23(28)17-8-10-21(11-9-17)29-15-20-14-26-12-3-2-7-22(26)24-20/h2-14H,15H2,1H3,(H,25,28). The maximum Gasteiger partial charge on any atom is 0.255 e. The average molecular weight is 401 g/mol. The Balaban J connectivity index is 1.38. The summed E-state index contributed by atoms with van der Waals surface area (Å²) in [6.45, 7) is 1.50. The van der Waals surface area contributed by atoms with Gasteiger partial charge in [-0.1, -0.05) is 18.2 Å². The molecular formula is C23H19N3O2S. The highest BCUT2D eigenvalue weighted by Gasteiger charge is 2.08. The number of aromatic nitrogens is 2. The van der Waals surface area contributed by atoms with Crippen LogP contribution in [0.5, 0.6) is 0 Å². The summed E-state index contributed by atoms with van der Waals surface area (Å²) in [5, 5.41) is 2.83. The van der Waals surface area contributed by atoms with Crippen molar-refractivity contribution in [1.29, 1.82) is 0 Å². The molecule has 4 aromatic rings. The van der Waals surface area contributed by atoms with Crippen molar-refractivity contribution in [3.8, 4) is 0 Å². The predicted molar refractivity (Wildman–Crippen MR) is 116 cm³/mol. The number of fused-ring (bicyclic) bond motifs is 1. The second-order valence-electron chi connectivity index (χ2n) is 6.60. The van der Waals surface area contributed by atoms with E-state index in [1.807, 2.05) is 47.1 Å². The Morgan fingerprint density at radius 2 is 1.83 bits per heavy atom. The lowest BCUT2D eigenvalue weighted by atomic mass is 10.1. The van der Waals surface area contributed by atoms with Crippen LogP contribution in [0.15, 0.2) is 84.0 Å². The summed E-state index contributed by atoms with van der Waals surface area (Å²) in [4.78, 5) is 29.6. The smallest absolute Gasteiger partial charge is 0.255 e. The predicted octanol–water partition coefficient (Wildman–Crippen LogP) is 5.08. The molecule has 0 unspecified atom stereocenters. The highest BCUT2D eigenvalue weighted by atomic mass is 32.2. The third kappa shape index (κ3) is 4.55. The van der Waals surface area contributed by atoms with Gasteiger partial charge < -0.3 is 9.72 Å². The summed E-state index contributed by atoms with van der Waals surface area (Å²) in [7, 11) is 0. The first-order valence-electron chi connectivity index (χ1n) is 9.16. The Bertz CT molecular complexity index is 1150. The van der Waals surface area contributed by atoms with Gasteiger partial charge in [-0.2, -0.15) is 0 Å². The van der Waals surface area contributed by atoms with Gasteiger partial charge in [0.1, 0.15) is 5.65 Å². The molecule has 0 fully saturated rings. The van der Waals surface area contributed by atoms with Gasteiger partial charge in [-0.05, 0) is 55.5 Å². The monoisotopic (exact) mass is 401 g/mol. The second kappa shape index (κ2) is 8.32. The van der Waals surface area contributed by atoms with E-state index in [0.717, 1.165) is 22.0 Å². The molecule has 0 saturated carbocycles. The number of hydrogen-bond donors (Lipinski definition) is 1. The zero-order chi connectivity index (χ0) is 20.2. The number of pyridine rings is 1. The maximum atomic E-state index is 12.5. The lowest BCUT2D eigenvalue weighted by Crippen LogP contribution is -2.12. The van der Waals surface area contributed by atoms with Crippen LogP contribution in [0.4, 0.5) is 5.69 Å². The molecular weight excluding hydrogens is 382 g/mol. The van der Waals surface area contributed by atoms with Crippen molar-refractivity contribution >= 4 is 34.8 Å². The van der Waals surface area contributed by atoms with Crippen molar-refractivity contribution < 1.29 is 9.59 Å². The van der Waals surface area contributed by atoms with E-state index in [1.54, 1.807) is 48.2 Å². The summed E-state index contributed by atoms with van der Waals surface area (Å²) in [5.41, 5.74) is 3.68. The zero-order valence-electron chi connectivity index (χ0n) is 15.8. The molecule has 0 saturated heterocycles. The third-order valence-electron chi connectivity index (χ3n) is 4.44. The van der Waals surface area contributed by atoms with Crippen molar-refractivity contribution in [3.05, 3.63) is 95.9 Å². The van der Waals surface area contributed by atoms with Gasteiger partial charge >= 0.3 is 0 Å². The first-order valence-corrected chi connectivity index (χ1v) is 10.1. The SMILES string of the molecule is CC(=O)c1cccc(NC(=O)c2ccc(SCc3cn4ccccc4n3)cc2)c1. The van der Waals surface area contributed by atoms with Crippen molar-refractivity contribution in [2.75, 3.05) is 5.32 Å². The molecule has 0 radical (unpaired) electrons. The number of Topliss-reactive ketones (excluding diaryl/α,β-unsaturated/α-hetero) is 1. The van der Waals surface area contributed by atoms with Gasteiger partial charge in [0.05, 0.1) is 5.69 Å². The fourth-order valence-corrected chi connectivity index (χ4v) is 3.72. The molecule has 6 heteroatoms. The van der Waals surface area contributed by atoms with E-state index in [2.05, 4.69) is 10.3 Å². The minimum absolute atomic E-state index is 0.0342. The first kappa shape index (κ1) is 19.0. The Kier molecular flexibility index (Phi) is 5.44. The van der Waals surface area contributed by atoms with E-state index >= 15 is 0 Å². The molecule has 0 bridgehead atoms. The van der Waals surface area contributed by atoms with Crippen molar-refractivity contribution in [3.63, 3.8) is 0 Å². The molecule has 0 spiro atoms. The number of rotatable bonds is 6. The number of amides is 1. The molecule has 144 valence electrons. The van der Waals surface area contributed by atoms with Crippen LogP contribution in [0, 0.1) is 0 Å². The largest absolute Gasteiger partial charge is 0.322 e. The van der Waals surface area contributed by atoms with Gasteiger partial charge in [0.25, 0.3) is 5.91 Å². The Labute approximate surface area is 172 Å². The van der Waals surface area contributed by atoms with Gasteiger partial charge in [-0.3, -0.25) is 9.59 Å². The van der Waals surface area contributed by atoms with Crippen LogP contribution in [0.25, 0.3) is 5.65 Å². The molecule has 0 atom stereocenters. The van der Waals surface area contributed by atoms with Crippen LogP contribution in [0.1, 0.15) is 33.3 Å². The first-order chi connectivity index (χ1) is 14.1. The van der Waals surface area contributed by atoms with Crippen molar-refractivity contribution in [2.45, 2.75) is 17.6 Å². The Morgan fingerprint density at radius 3 is 2.59 bits per heavy atom. The second-order valence-corrected chi connectivity index (χ2v) is 7.65. The molecule has 2 aromatic carbocycles. The van der Waals surface area contributed by atoms with Crippen LogP contribution in [0.2, 0.25) is 0 Å². The Hall–Kier alpha value is -3.38. The number of thioether (sulfide) groups is 1. The number of hydrogen-bond acceptors (Lipinski definition) is 4. The fourth-order valence-electron chi connectivity index (χ4n) is 2.94. The summed E-state index contributed by atoms with van der Waals surface area (Å²) in [5.74, 6) is 0.515. The molecule has 0 aliphatic heterocycles. The van der Waals surface area contributed by atoms with Crippen molar-refractivity contribution in [1.82, 2.24) is 9.38 Å². The fraction of sp³-hybridized carbons (Fsp3) is 0.0870. The highest BCUT2D eigenvalue weighted by molar-refractivity contribution is 7.98. The van der Waals surface area contributed by atoms with Gasteiger partial charge in [0.2, 0.25) is 0 Å². The molecule has 0 aliphatic carbocycles. The van der Waals surface area contributed by atoms with E-state index in [1.165, 1.54) is 6.92 Å². The van der Waals surface area contributed by atoms with Gasteiger partial charge in [-0.15, -0.1) is 11.8 Å². The highest BCUT2D eigenvalue weighted by Crippen LogP contribution is 2.23. The third-order valence-corrected chi connectivity index (χ3v) is 5.49. The number of benzene rings is 2. The van der Waals surface area contributed by atoms with Crippen LogP contribution < -0.4 is 5.32 Å². The molecule has 4 rings (SSSR count). The number of nitrogens with one attached hydrogen (secondary N) is 1. The number of carbonyl (C=O) groups is 2. The van der Waals surface area contributed by atoms with E-state index in [4.69, 9.17) is 0 Å². The number of imidazole rings is 1. The van der Waals surface area contributed by atoms with E-state index in [0.29, 0.717) is 16.8 Å². The number of anilines is 1. The quantitative estimate of drug-likeness (QED) is 0.361. The average Bonchev–Trinajstić information content (AvgIpc) is 3.16. The van der Waals surface area contributed by atoms with Gasteiger partial charge in [0.15, 0.2) is 5.78 Å². The molecule has 1 N–H and O–H groups in total. The zero-order valence-corrected chi connectivity index (χ0v) is 16.6. The van der Waals surface area contributed by atoms with E-state index in [9.17, 15) is 9.59 Å². The van der Waals surface area contributed by atoms with Crippen LogP contribution in [-0.2, 0) is 5.75 Å². The molecule has 0 aliphatic rings. The maximum absolute atomic E-state index is 12.5. The molecule has 2 heterocycles. The number of carbonyl (C=O) groups excluding carboxylic acids is 2. The van der Waals surface area contributed by atoms with Gasteiger partial charge in [-0.25, -0.2) is 4.98 Å². The summed E-state index contributed by atoms with van der Waals surface area (Å²) < 4.78 is 2.00. The lowest BCUT2D eigenvalue weighted by molar-refractivity contribution is 0.101. The Morgan fingerprint density at radius 1 is 1.00 bits per heavy atom. The van der Waals surface area contributed by atoms with Crippen molar-refractivity contribution in [2.24, 2.45) is 0 Å². The molecule has 1 amide bonds. The normalized spacial score (nSPS) is 10.8. The van der Waals surface area contributed by atoms with Crippen LogP contribution >= 0.6 is 11.8 Å². The molecule has 2 aromatic heterocycles. The molecule has 5 nitrogen and oxygen atoms in total. The lowest BCUT2D eigenvalue weighted by Gasteiger charge is -2.07. The number of ketones is 1. The van der Waals surface area contributed by atoms with Crippen LogP contribution in [-0.4, -0.2) is 21.1 Å². The minimum Gasteiger partial charge on any atom is -0.322 e. The van der Waals surface area contributed by atoms with E-state index < -0.39 is 0 Å². The van der Waals surface area contributed by atoms with E-state index in [-0.39, 0.29) is 11.7 Å². The number of nitrogens with zero attached hydrogens (tertiary/aromatic N) is 2. The topological polar surface area (TPSA) is 63.5 Å². The summed E-state index contributed by atoms with van der Waals surface area (Å²) >= 11 is 1.67. The molecule has 29 heavy (non-hydrogen) atoms.